The first-order chi connectivity index (χ1) is 11.4. The fourth-order valence-corrected chi connectivity index (χ4v) is 2.11. The van der Waals surface area contributed by atoms with Gasteiger partial charge in [0.1, 0.15) is 0 Å². The molecule has 0 aromatic heterocycles. The van der Waals surface area contributed by atoms with E-state index >= 15 is 0 Å². The largest absolute Gasteiger partial charge is 0.505 e. The first kappa shape index (κ1) is 21.1. The van der Waals surface area contributed by atoms with Gasteiger partial charge in [0.15, 0.2) is 29.2 Å². The van der Waals surface area contributed by atoms with Crippen molar-refractivity contribution in [3.05, 3.63) is 65.0 Å². The van der Waals surface area contributed by atoms with Gasteiger partial charge in [0.05, 0.1) is 6.04 Å². The second kappa shape index (κ2) is 9.50. The lowest BCUT2D eigenvalue weighted by Crippen LogP contribution is -2.38. The number of nitrogens with one attached hydrogen (secondary N) is 2. The van der Waals surface area contributed by atoms with E-state index < -0.39 is 23.2 Å². The number of hydrogen-bond donors (Lipinski definition) is 3. The molecule has 2 aromatic carbocycles. The molecule has 0 spiro atoms. The molecule has 1 atom stereocenters. The van der Waals surface area contributed by atoms with Gasteiger partial charge < -0.3 is 15.7 Å². The lowest BCUT2D eigenvalue weighted by Gasteiger charge is -2.18. The van der Waals surface area contributed by atoms with Gasteiger partial charge in [-0.3, -0.25) is 4.99 Å². The SMILES string of the molecule is CN=C(NCc1ccc(O)c(F)c1)NC(C)c1ccc(F)c(F)c1.I. The molecule has 4 nitrogen and oxygen atoms in total. The number of benzene rings is 2. The van der Waals surface area contributed by atoms with Gasteiger partial charge >= 0.3 is 0 Å². The molecule has 0 radical (unpaired) electrons. The van der Waals surface area contributed by atoms with Crippen LogP contribution in [0, 0.1) is 17.5 Å². The van der Waals surface area contributed by atoms with Crippen molar-refractivity contribution in [3.63, 3.8) is 0 Å². The lowest BCUT2D eigenvalue weighted by atomic mass is 10.1. The quantitative estimate of drug-likeness (QED) is 0.366. The highest BCUT2D eigenvalue weighted by molar-refractivity contribution is 14.0. The fourth-order valence-electron chi connectivity index (χ4n) is 2.11. The van der Waals surface area contributed by atoms with Crippen LogP contribution < -0.4 is 10.6 Å². The second-order valence-electron chi connectivity index (χ2n) is 5.25. The molecule has 0 saturated carbocycles. The molecule has 0 heterocycles. The van der Waals surface area contributed by atoms with Crippen molar-refractivity contribution < 1.29 is 18.3 Å². The molecule has 0 aliphatic heterocycles. The highest BCUT2D eigenvalue weighted by Gasteiger charge is 2.11. The van der Waals surface area contributed by atoms with Crippen LogP contribution in [0.1, 0.15) is 24.1 Å². The summed E-state index contributed by atoms with van der Waals surface area (Å²) in [5, 5.41) is 15.2. The van der Waals surface area contributed by atoms with E-state index in [1.165, 1.54) is 18.2 Å². The maximum absolute atomic E-state index is 13.3. The summed E-state index contributed by atoms with van der Waals surface area (Å²) in [5.41, 5.74) is 1.18. The van der Waals surface area contributed by atoms with Crippen molar-refractivity contribution >= 4 is 29.9 Å². The van der Waals surface area contributed by atoms with Crippen LogP contribution >= 0.6 is 24.0 Å². The normalized spacial score (nSPS) is 12.3. The number of hydrogen-bond acceptors (Lipinski definition) is 2. The minimum atomic E-state index is -0.913. The Labute approximate surface area is 161 Å². The summed E-state index contributed by atoms with van der Waals surface area (Å²) >= 11 is 0. The van der Waals surface area contributed by atoms with Crippen LogP contribution in [0.2, 0.25) is 0 Å². The number of aliphatic imine (C=N–C) groups is 1. The summed E-state index contributed by atoms with van der Waals surface area (Å²) in [6.45, 7) is 2.06. The van der Waals surface area contributed by atoms with E-state index in [0.29, 0.717) is 17.1 Å². The molecule has 2 rings (SSSR count). The molecule has 136 valence electrons. The number of nitrogens with zero attached hydrogens (tertiary/aromatic N) is 1. The smallest absolute Gasteiger partial charge is 0.191 e. The van der Waals surface area contributed by atoms with Crippen LogP contribution in [0.25, 0.3) is 0 Å². The minimum absolute atomic E-state index is 0. The molecule has 0 aliphatic carbocycles. The lowest BCUT2D eigenvalue weighted by molar-refractivity contribution is 0.431. The first-order valence-corrected chi connectivity index (χ1v) is 7.30. The number of phenols is 1. The number of guanidine groups is 1. The molecule has 0 bridgehead atoms. The van der Waals surface area contributed by atoms with Crippen LogP contribution in [0.15, 0.2) is 41.4 Å². The van der Waals surface area contributed by atoms with Crippen molar-refractivity contribution in [3.8, 4) is 5.75 Å². The van der Waals surface area contributed by atoms with Gasteiger partial charge in [-0.05, 0) is 42.3 Å². The van der Waals surface area contributed by atoms with Crippen LogP contribution in [0.4, 0.5) is 13.2 Å². The van der Waals surface area contributed by atoms with Gasteiger partial charge in [-0.1, -0.05) is 12.1 Å². The topological polar surface area (TPSA) is 56.7 Å². The zero-order valence-electron chi connectivity index (χ0n) is 13.7. The summed E-state index contributed by atoms with van der Waals surface area (Å²) < 4.78 is 39.6. The summed E-state index contributed by atoms with van der Waals surface area (Å²) in [7, 11) is 1.56. The Balaban J connectivity index is 0.00000312. The van der Waals surface area contributed by atoms with Crippen molar-refractivity contribution in [2.45, 2.75) is 19.5 Å². The highest BCUT2D eigenvalue weighted by Crippen LogP contribution is 2.17. The zero-order chi connectivity index (χ0) is 17.7. The number of halogens is 4. The maximum atomic E-state index is 13.3. The molecular weight excluding hydrogens is 446 g/mol. The Kier molecular flexibility index (Phi) is 8.01. The third kappa shape index (κ3) is 5.80. The van der Waals surface area contributed by atoms with Crippen molar-refractivity contribution in [2.75, 3.05) is 7.05 Å². The van der Waals surface area contributed by atoms with E-state index in [1.807, 2.05) is 0 Å². The molecule has 1 unspecified atom stereocenters. The number of aromatic hydroxyl groups is 1. The van der Waals surface area contributed by atoms with E-state index in [9.17, 15) is 13.2 Å². The van der Waals surface area contributed by atoms with Crippen molar-refractivity contribution in [1.29, 1.82) is 0 Å². The molecule has 0 fully saturated rings. The van der Waals surface area contributed by atoms with E-state index in [-0.39, 0.29) is 36.6 Å². The predicted molar refractivity (Wildman–Crippen MR) is 102 cm³/mol. The molecule has 2 aromatic rings. The Morgan fingerprint density at radius 2 is 1.80 bits per heavy atom. The van der Waals surface area contributed by atoms with Crippen LogP contribution in [0.3, 0.4) is 0 Å². The highest BCUT2D eigenvalue weighted by atomic mass is 127. The van der Waals surface area contributed by atoms with Crippen LogP contribution in [-0.2, 0) is 6.54 Å². The molecule has 0 saturated heterocycles. The molecular formula is C17H19F3IN3O. The molecule has 8 heteroatoms. The maximum Gasteiger partial charge on any atom is 0.191 e. The molecule has 0 amide bonds. The Bertz CT molecular complexity index is 756. The molecule has 3 N–H and O–H groups in total. The van der Waals surface area contributed by atoms with Crippen LogP contribution in [0.5, 0.6) is 5.75 Å². The summed E-state index contributed by atoms with van der Waals surface area (Å²) in [6.07, 6.45) is 0. The Hall–Kier alpha value is -1.97. The van der Waals surface area contributed by atoms with Gasteiger partial charge in [-0.15, -0.1) is 24.0 Å². The Morgan fingerprint density at radius 3 is 2.40 bits per heavy atom. The summed E-state index contributed by atoms with van der Waals surface area (Å²) in [4.78, 5) is 4.03. The number of phenolic OH excluding ortho intramolecular Hbond substituents is 1. The van der Waals surface area contributed by atoms with E-state index in [4.69, 9.17) is 5.11 Å². The third-order valence-electron chi connectivity index (χ3n) is 3.49. The first-order valence-electron chi connectivity index (χ1n) is 7.30. The van der Waals surface area contributed by atoms with Gasteiger partial charge in [-0.2, -0.15) is 0 Å². The monoisotopic (exact) mass is 465 g/mol. The van der Waals surface area contributed by atoms with Gasteiger partial charge in [-0.25, -0.2) is 13.2 Å². The minimum Gasteiger partial charge on any atom is -0.505 e. The third-order valence-corrected chi connectivity index (χ3v) is 3.49. The standard InChI is InChI=1S/C17H18F3N3O.HI/c1-10(12-4-5-13(18)14(19)8-12)23-17(21-2)22-9-11-3-6-16(24)15(20)7-11;/h3-8,10,24H,9H2,1-2H3,(H2,21,22,23);1H. The van der Waals surface area contributed by atoms with Crippen LogP contribution in [-0.4, -0.2) is 18.1 Å². The fraction of sp³-hybridized carbons (Fsp3) is 0.235. The second-order valence-corrected chi connectivity index (χ2v) is 5.25. The van der Waals surface area contributed by atoms with E-state index in [2.05, 4.69) is 15.6 Å². The van der Waals surface area contributed by atoms with Crippen molar-refractivity contribution in [1.82, 2.24) is 10.6 Å². The van der Waals surface area contributed by atoms with Crippen molar-refractivity contribution in [2.24, 2.45) is 4.99 Å². The zero-order valence-corrected chi connectivity index (χ0v) is 16.0. The van der Waals surface area contributed by atoms with Gasteiger partial charge in [0, 0.05) is 13.6 Å². The number of rotatable bonds is 4. The van der Waals surface area contributed by atoms with E-state index in [1.54, 1.807) is 20.0 Å². The molecule has 0 aliphatic rings. The summed E-state index contributed by atoms with van der Waals surface area (Å²) in [5.74, 6) is -2.51. The average Bonchev–Trinajstić information content (AvgIpc) is 2.56. The molecule has 25 heavy (non-hydrogen) atoms. The Morgan fingerprint density at radius 1 is 1.08 bits per heavy atom. The summed E-state index contributed by atoms with van der Waals surface area (Å²) in [6, 6.07) is 7.42. The van der Waals surface area contributed by atoms with E-state index in [0.717, 1.165) is 12.1 Å². The predicted octanol–water partition coefficient (Wildman–Crippen LogP) is 3.85. The van der Waals surface area contributed by atoms with Gasteiger partial charge in [0.25, 0.3) is 0 Å². The van der Waals surface area contributed by atoms with Gasteiger partial charge in [0.2, 0.25) is 0 Å². The average molecular weight is 465 g/mol.